The average molecular weight is 409 g/mol. The number of halogens is 2. The van der Waals surface area contributed by atoms with Crippen molar-refractivity contribution in [2.45, 2.75) is 0 Å². The van der Waals surface area contributed by atoms with Crippen LogP contribution in [0.25, 0.3) is 0 Å². The average Bonchev–Trinajstić information content (AvgIpc) is 2.69. The van der Waals surface area contributed by atoms with E-state index >= 15 is 0 Å². The minimum atomic E-state index is -0.289. The van der Waals surface area contributed by atoms with Gasteiger partial charge >= 0.3 is 0 Å². The van der Waals surface area contributed by atoms with Gasteiger partial charge in [0.25, 0.3) is 11.8 Å². The van der Waals surface area contributed by atoms with Crippen molar-refractivity contribution < 1.29 is 19.4 Å². The molecule has 3 rings (SSSR count). The fraction of sp³-hybridized carbons (Fsp3) is 0.263. The van der Waals surface area contributed by atoms with E-state index in [1.807, 2.05) is 0 Å². The number of methoxy groups -OCH3 is 1. The fourth-order valence-electron chi connectivity index (χ4n) is 2.94. The van der Waals surface area contributed by atoms with E-state index in [2.05, 4.69) is 0 Å². The molecule has 2 aromatic rings. The van der Waals surface area contributed by atoms with Gasteiger partial charge in [0.1, 0.15) is 11.5 Å². The van der Waals surface area contributed by atoms with Crippen molar-refractivity contribution >= 4 is 35.0 Å². The van der Waals surface area contributed by atoms with Gasteiger partial charge in [0.2, 0.25) is 0 Å². The highest BCUT2D eigenvalue weighted by Gasteiger charge is 2.28. The zero-order valence-corrected chi connectivity index (χ0v) is 16.1. The van der Waals surface area contributed by atoms with Crippen LogP contribution < -0.4 is 4.74 Å². The second kappa shape index (κ2) is 8.06. The number of nitrogens with zero attached hydrogens (tertiary/aromatic N) is 2. The van der Waals surface area contributed by atoms with Gasteiger partial charge in [-0.25, -0.2) is 0 Å². The molecule has 1 heterocycles. The Balaban J connectivity index is 1.67. The Morgan fingerprint density at radius 2 is 1.56 bits per heavy atom. The Morgan fingerprint density at radius 3 is 2.11 bits per heavy atom. The molecule has 1 fully saturated rings. The first kappa shape index (κ1) is 19.3. The van der Waals surface area contributed by atoms with Crippen LogP contribution in [-0.2, 0) is 0 Å². The molecule has 2 amide bonds. The Bertz CT molecular complexity index is 880. The Labute approximate surface area is 166 Å². The number of ether oxygens (including phenoxy) is 1. The first-order chi connectivity index (χ1) is 12.9. The summed E-state index contributed by atoms with van der Waals surface area (Å²) in [4.78, 5) is 28.6. The first-order valence-corrected chi connectivity index (χ1v) is 9.07. The van der Waals surface area contributed by atoms with Gasteiger partial charge < -0.3 is 19.6 Å². The number of benzene rings is 2. The summed E-state index contributed by atoms with van der Waals surface area (Å²) in [6, 6.07) is 9.47. The van der Waals surface area contributed by atoms with Gasteiger partial charge in [0.15, 0.2) is 0 Å². The number of phenols is 1. The summed E-state index contributed by atoms with van der Waals surface area (Å²) in [5.74, 6) is -0.175. The van der Waals surface area contributed by atoms with Gasteiger partial charge in [-0.2, -0.15) is 0 Å². The number of phenolic OH excluding ortho intramolecular Hbond substituents is 1. The highest BCUT2D eigenvalue weighted by Crippen LogP contribution is 2.28. The lowest BCUT2D eigenvalue weighted by atomic mass is 10.1. The summed E-state index contributed by atoms with van der Waals surface area (Å²) in [7, 11) is 1.48. The van der Waals surface area contributed by atoms with Crippen LogP contribution in [0.1, 0.15) is 20.7 Å². The zero-order chi connectivity index (χ0) is 19.6. The van der Waals surface area contributed by atoms with E-state index in [-0.39, 0.29) is 28.1 Å². The maximum absolute atomic E-state index is 12.7. The second-order valence-corrected chi connectivity index (χ2v) is 6.85. The summed E-state index contributed by atoms with van der Waals surface area (Å²) < 4.78 is 5.03. The van der Waals surface area contributed by atoms with E-state index in [9.17, 15) is 14.7 Å². The van der Waals surface area contributed by atoms with Gasteiger partial charge in [-0.1, -0.05) is 29.3 Å². The topological polar surface area (TPSA) is 70.1 Å². The molecule has 0 bridgehead atoms. The van der Waals surface area contributed by atoms with E-state index in [1.165, 1.54) is 19.2 Å². The lowest BCUT2D eigenvalue weighted by Gasteiger charge is -2.35. The normalized spacial score (nSPS) is 14.2. The van der Waals surface area contributed by atoms with Crippen LogP contribution >= 0.6 is 23.2 Å². The van der Waals surface area contributed by atoms with Gasteiger partial charge in [-0.15, -0.1) is 0 Å². The van der Waals surface area contributed by atoms with Crippen molar-refractivity contribution in [3.8, 4) is 11.5 Å². The second-order valence-electron chi connectivity index (χ2n) is 6.07. The van der Waals surface area contributed by atoms with E-state index in [1.54, 1.807) is 34.1 Å². The van der Waals surface area contributed by atoms with E-state index in [4.69, 9.17) is 27.9 Å². The van der Waals surface area contributed by atoms with Gasteiger partial charge in [-0.05, 0) is 24.3 Å². The number of carbonyl (C=O) groups is 2. The maximum Gasteiger partial charge on any atom is 0.257 e. The highest BCUT2D eigenvalue weighted by atomic mass is 35.5. The molecule has 0 aromatic heterocycles. The van der Waals surface area contributed by atoms with Crippen molar-refractivity contribution in [3.05, 3.63) is 57.6 Å². The third kappa shape index (κ3) is 3.96. The minimum absolute atomic E-state index is 0.136. The molecule has 0 atom stereocenters. The lowest BCUT2D eigenvalue weighted by molar-refractivity contribution is 0.0533. The van der Waals surface area contributed by atoms with Crippen LogP contribution in [0.15, 0.2) is 36.4 Å². The SMILES string of the molecule is COc1ccc(C(=O)N2CCN(C(=O)c3cccc(Cl)c3Cl)CC2)c(O)c1. The molecule has 0 saturated carbocycles. The number of piperazine rings is 1. The number of hydrogen-bond donors (Lipinski definition) is 1. The van der Waals surface area contributed by atoms with Gasteiger partial charge in [0, 0.05) is 32.2 Å². The van der Waals surface area contributed by atoms with Crippen molar-refractivity contribution in [2.75, 3.05) is 33.3 Å². The molecule has 1 saturated heterocycles. The monoisotopic (exact) mass is 408 g/mol. The van der Waals surface area contributed by atoms with Crippen molar-refractivity contribution in [3.63, 3.8) is 0 Å². The molecule has 0 radical (unpaired) electrons. The molecule has 1 N–H and O–H groups in total. The Kier molecular flexibility index (Phi) is 5.77. The van der Waals surface area contributed by atoms with E-state index in [0.29, 0.717) is 42.5 Å². The van der Waals surface area contributed by atoms with Crippen LogP contribution in [0, 0.1) is 0 Å². The summed E-state index contributed by atoms with van der Waals surface area (Å²) >= 11 is 12.1. The molecule has 1 aliphatic rings. The molecule has 1 aliphatic heterocycles. The number of amides is 2. The molecule has 0 aliphatic carbocycles. The quantitative estimate of drug-likeness (QED) is 0.845. The fourth-order valence-corrected chi connectivity index (χ4v) is 3.32. The molecular formula is C19H18Cl2N2O4. The summed E-state index contributed by atoms with van der Waals surface area (Å²) in [5.41, 5.74) is 0.546. The summed E-state index contributed by atoms with van der Waals surface area (Å²) in [6.45, 7) is 1.44. The highest BCUT2D eigenvalue weighted by molar-refractivity contribution is 6.43. The summed E-state index contributed by atoms with van der Waals surface area (Å²) in [5, 5.41) is 10.6. The predicted octanol–water partition coefficient (Wildman–Crippen LogP) is 3.31. The lowest BCUT2D eigenvalue weighted by Crippen LogP contribution is -2.50. The molecule has 2 aromatic carbocycles. The first-order valence-electron chi connectivity index (χ1n) is 8.32. The Morgan fingerprint density at radius 1 is 0.963 bits per heavy atom. The van der Waals surface area contributed by atoms with Crippen molar-refractivity contribution in [1.29, 1.82) is 0 Å². The number of aromatic hydroxyl groups is 1. The van der Waals surface area contributed by atoms with Gasteiger partial charge in [-0.3, -0.25) is 9.59 Å². The molecule has 27 heavy (non-hydrogen) atoms. The van der Waals surface area contributed by atoms with E-state index < -0.39 is 0 Å². The summed E-state index contributed by atoms with van der Waals surface area (Å²) in [6.07, 6.45) is 0. The maximum atomic E-state index is 12.7. The molecule has 0 spiro atoms. The van der Waals surface area contributed by atoms with Crippen LogP contribution in [0.3, 0.4) is 0 Å². The third-order valence-corrected chi connectivity index (χ3v) is 5.29. The number of rotatable bonds is 3. The molecule has 6 nitrogen and oxygen atoms in total. The van der Waals surface area contributed by atoms with E-state index in [0.717, 1.165) is 0 Å². The standard InChI is InChI=1S/C19H18Cl2N2O4/c1-27-12-5-6-13(16(24)11-12)18(25)22-7-9-23(10-8-22)19(26)14-3-2-4-15(20)17(14)21/h2-6,11,24H,7-10H2,1H3. The van der Waals surface area contributed by atoms with Crippen molar-refractivity contribution in [2.24, 2.45) is 0 Å². The molecule has 8 heteroatoms. The smallest absolute Gasteiger partial charge is 0.257 e. The van der Waals surface area contributed by atoms with Crippen LogP contribution in [-0.4, -0.2) is 60.0 Å². The molecular weight excluding hydrogens is 391 g/mol. The number of hydrogen-bond acceptors (Lipinski definition) is 4. The largest absolute Gasteiger partial charge is 0.507 e. The van der Waals surface area contributed by atoms with Crippen molar-refractivity contribution in [1.82, 2.24) is 9.80 Å². The number of carbonyl (C=O) groups excluding carboxylic acids is 2. The minimum Gasteiger partial charge on any atom is -0.507 e. The predicted molar refractivity (Wildman–Crippen MR) is 103 cm³/mol. The van der Waals surface area contributed by atoms with Crippen LogP contribution in [0.5, 0.6) is 11.5 Å². The van der Waals surface area contributed by atoms with Crippen LogP contribution in [0.2, 0.25) is 10.0 Å². The van der Waals surface area contributed by atoms with Gasteiger partial charge in [0.05, 0.1) is 28.3 Å². The molecule has 142 valence electrons. The third-order valence-electron chi connectivity index (χ3n) is 4.47. The Hall–Kier alpha value is -2.44. The zero-order valence-electron chi connectivity index (χ0n) is 14.6. The molecule has 0 unspecified atom stereocenters. The van der Waals surface area contributed by atoms with Crippen LogP contribution in [0.4, 0.5) is 0 Å².